The van der Waals surface area contributed by atoms with Crippen molar-refractivity contribution < 1.29 is 18.0 Å². The number of rotatable bonds is 2. The van der Waals surface area contributed by atoms with E-state index in [9.17, 15) is 18.0 Å². The van der Waals surface area contributed by atoms with Crippen molar-refractivity contribution in [3.05, 3.63) is 61.4 Å². The van der Waals surface area contributed by atoms with Gasteiger partial charge in [0.25, 0.3) is 5.91 Å². The summed E-state index contributed by atoms with van der Waals surface area (Å²) in [5.41, 5.74) is -0.117. The molecule has 20 heavy (non-hydrogen) atoms. The van der Waals surface area contributed by atoms with E-state index in [0.717, 1.165) is 12.1 Å². The molecule has 104 valence electrons. The summed E-state index contributed by atoms with van der Waals surface area (Å²) in [5.74, 6) is -4.96. The van der Waals surface area contributed by atoms with E-state index in [0.29, 0.717) is 13.6 Å². The summed E-state index contributed by atoms with van der Waals surface area (Å²) < 4.78 is 40.7. The molecule has 0 atom stereocenters. The van der Waals surface area contributed by atoms with Gasteiger partial charge in [0.15, 0.2) is 17.5 Å². The summed E-state index contributed by atoms with van der Waals surface area (Å²) >= 11 is 5.16. The Morgan fingerprint density at radius 3 is 2.50 bits per heavy atom. The molecule has 7 heteroatoms. The second kappa shape index (κ2) is 6.13. The SMILES string of the molecule is O=C(Nc1ccc(F)c(F)c1F)c1cc(Br)ccc1I. The summed E-state index contributed by atoms with van der Waals surface area (Å²) in [6.45, 7) is 0. The van der Waals surface area contributed by atoms with E-state index in [4.69, 9.17) is 0 Å². The van der Waals surface area contributed by atoms with Crippen LogP contribution in [0.2, 0.25) is 0 Å². The van der Waals surface area contributed by atoms with Crippen LogP contribution in [0, 0.1) is 21.0 Å². The molecule has 0 aliphatic rings. The summed E-state index contributed by atoms with van der Waals surface area (Å²) in [4.78, 5) is 12.0. The number of benzene rings is 2. The Labute approximate surface area is 134 Å². The lowest BCUT2D eigenvalue weighted by atomic mass is 10.2. The second-order valence-electron chi connectivity index (χ2n) is 3.80. The van der Waals surface area contributed by atoms with Gasteiger partial charge in [-0.05, 0) is 52.9 Å². The molecule has 0 aliphatic heterocycles. The zero-order valence-corrected chi connectivity index (χ0v) is 13.4. The zero-order chi connectivity index (χ0) is 14.9. The Morgan fingerprint density at radius 1 is 1.10 bits per heavy atom. The van der Waals surface area contributed by atoms with Crippen LogP contribution in [0.15, 0.2) is 34.8 Å². The van der Waals surface area contributed by atoms with Gasteiger partial charge in [0, 0.05) is 8.04 Å². The fraction of sp³-hybridized carbons (Fsp3) is 0. The predicted molar refractivity (Wildman–Crippen MR) is 81.1 cm³/mol. The van der Waals surface area contributed by atoms with Crippen LogP contribution >= 0.6 is 38.5 Å². The smallest absolute Gasteiger partial charge is 0.256 e. The van der Waals surface area contributed by atoms with Gasteiger partial charge in [-0.1, -0.05) is 15.9 Å². The monoisotopic (exact) mass is 455 g/mol. The van der Waals surface area contributed by atoms with E-state index in [1.54, 1.807) is 18.2 Å². The second-order valence-corrected chi connectivity index (χ2v) is 5.88. The quantitative estimate of drug-likeness (QED) is 0.515. The summed E-state index contributed by atoms with van der Waals surface area (Å²) in [7, 11) is 0. The molecular weight excluding hydrogens is 450 g/mol. The molecule has 0 aromatic heterocycles. The Balaban J connectivity index is 2.33. The number of halogens is 5. The van der Waals surface area contributed by atoms with Crippen molar-refractivity contribution in [2.24, 2.45) is 0 Å². The van der Waals surface area contributed by atoms with Crippen molar-refractivity contribution in [3.8, 4) is 0 Å². The van der Waals surface area contributed by atoms with Gasteiger partial charge >= 0.3 is 0 Å². The molecule has 0 radical (unpaired) electrons. The summed E-state index contributed by atoms with van der Waals surface area (Å²) in [5, 5.41) is 2.22. The molecule has 0 bridgehead atoms. The van der Waals surface area contributed by atoms with Crippen LogP contribution in [0.4, 0.5) is 18.9 Å². The molecule has 2 aromatic rings. The summed E-state index contributed by atoms with van der Waals surface area (Å²) in [6, 6.07) is 6.71. The van der Waals surface area contributed by atoms with Gasteiger partial charge in [-0.25, -0.2) is 13.2 Å². The Bertz CT molecular complexity index is 694. The zero-order valence-electron chi connectivity index (χ0n) is 9.68. The molecule has 0 aliphatic carbocycles. The molecule has 2 aromatic carbocycles. The number of amides is 1. The lowest BCUT2D eigenvalue weighted by Crippen LogP contribution is -2.15. The summed E-state index contributed by atoms with van der Waals surface area (Å²) in [6.07, 6.45) is 0. The largest absolute Gasteiger partial charge is 0.319 e. The highest BCUT2D eigenvalue weighted by Crippen LogP contribution is 2.23. The Morgan fingerprint density at radius 2 is 1.80 bits per heavy atom. The van der Waals surface area contributed by atoms with Gasteiger partial charge in [0.05, 0.1) is 11.3 Å². The van der Waals surface area contributed by atoms with Gasteiger partial charge < -0.3 is 5.32 Å². The molecule has 0 heterocycles. The minimum Gasteiger partial charge on any atom is -0.319 e. The van der Waals surface area contributed by atoms with Gasteiger partial charge in [0.1, 0.15) is 0 Å². The minimum absolute atomic E-state index is 0.295. The van der Waals surface area contributed by atoms with Crippen LogP contribution in [-0.2, 0) is 0 Å². The first-order chi connectivity index (χ1) is 9.40. The van der Waals surface area contributed by atoms with Crippen LogP contribution in [0.25, 0.3) is 0 Å². The normalized spacial score (nSPS) is 10.4. The maximum atomic E-state index is 13.5. The number of hydrogen-bond donors (Lipinski definition) is 1. The first kappa shape index (κ1) is 15.3. The van der Waals surface area contributed by atoms with E-state index in [1.165, 1.54) is 0 Å². The van der Waals surface area contributed by atoms with Crippen molar-refractivity contribution in [2.75, 3.05) is 5.32 Å². The van der Waals surface area contributed by atoms with Gasteiger partial charge in [-0.15, -0.1) is 0 Å². The molecular formula is C13H6BrF3INO. The molecule has 0 saturated carbocycles. The molecule has 0 unspecified atom stereocenters. The third-order valence-electron chi connectivity index (χ3n) is 2.46. The van der Waals surface area contributed by atoms with Crippen molar-refractivity contribution >= 4 is 50.1 Å². The number of nitrogens with one attached hydrogen (secondary N) is 1. The van der Waals surface area contributed by atoms with E-state index < -0.39 is 29.0 Å². The fourth-order valence-electron chi connectivity index (χ4n) is 1.48. The number of carbonyl (C=O) groups is 1. The first-order valence-electron chi connectivity index (χ1n) is 5.30. The highest BCUT2D eigenvalue weighted by atomic mass is 127. The van der Waals surface area contributed by atoms with E-state index in [1.807, 2.05) is 22.6 Å². The Kier molecular flexibility index (Phi) is 4.69. The third-order valence-corrected chi connectivity index (χ3v) is 3.89. The third kappa shape index (κ3) is 3.14. The topological polar surface area (TPSA) is 29.1 Å². The first-order valence-corrected chi connectivity index (χ1v) is 7.17. The standard InChI is InChI=1S/C13H6BrF3INO/c14-6-1-3-9(18)7(5-6)13(20)19-10-4-2-8(15)11(16)12(10)17/h1-5H,(H,19,20). The van der Waals surface area contributed by atoms with Crippen LogP contribution in [0.3, 0.4) is 0 Å². The van der Waals surface area contributed by atoms with Gasteiger partial charge in [-0.2, -0.15) is 0 Å². The molecule has 0 saturated heterocycles. The number of hydrogen-bond acceptors (Lipinski definition) is 1. The minimum atomic E-state index is -1.62. The molecule has 0 spiro atoms. The highest BCUT2D eigenvalue weighted by Gasteiger charge is 2.17. The fourth-order valence-corrected chi connectivity index (χ4v) is 2.43. The lowest BCUT2D eigenvalue weighted by molar-refractivity contribution is 0.102. The van der Waals surface area contributed by atoms with Crippen LogP contribution in [-0.4, -0.2) is 5.91 Å². The van der Waals surface area contributed by atoms with Gasteiger partial charge in [0.2, 0.25) is 0 Å². The molecule has 1 amide bonds. The van der Waals surface area contributed by atoms with Crippen molar-refractivity contribution in [1.29, 1.82) is 0 Å². The highest BCUT2D eigenvalue weighted by molar-refractivity contribution is 14.1. The molecule has 1 N–H and O–H groups in total. The number of carbonyl (C=O) groups excluding carboxylic acids is 1. The predicted octanol–water partition coefficient (Wildman–Crippen LogP) is 4.72. The van der Waals surface area contributed by atoms with Crippen molar-refractivity contribution in [2.45, 2.75) is 0 Å². The van der Waals surface area contributed by atoms with E-state index in [-0.39, 0.29) is 0 Å². The van der Waals surface area contributed by atoms with Crippen LogP contribution in [0.1, 0.15) is 10.4 Å². The maximum Gasteiger partial charge on any atom is 0.256 e. The van der Waals surface area contributed by atoms with Crippen LogP contribution in [0.5, 0.6) is 0 Å². The average molecular weight is 456 g/mol. The molecule has 2 rings (SSSR count). The van der Waals surface area contributed by atoms with Crippen molar-refractivity contribution in [3.63, 3.8) is 0 Å². The molecule has 2 nitrogen and oxygen atoms in total. The van der Waals surface area contributed by atoms with E-state index in [2.05, 4.69) is 21.2 Å². The Hall–Kier alpha value is -1.09. The number of anilines is 1. The maximum absolute atomic E-state index is 13.5. The average Bonchev–Trinajstić information content (AvgIpc) is 2.42. The van der Waals surface area contributed by atoms with Gasteiger partial charge in [-0.3, -0.25) is 4.79 Å². The van der Waals surface area contributed by atoms with Crippen LogP contribution < -0.4 is 5.32 Å². The van der Waals surface area contributed by atoms with E-state index >= 15 is 0 Å². The lowest BCUT2D eigenvalue weighted by Gasteiger charge is -2.09. The van der Waals surface area contributed by atoms with Crippen molar-refractivity contribution in [1.82, 2.24) is 0 Å². The molecule has 0 fully saturated rings.